The molecule has 1 fully saturated rings. The number of nitrogens with one attached hydrogen (secondary N) is 1. The van der Waals surface area contributed by atoms with Crippen molar-refractivity contribution in [3.05, 3.63) is 29.8 Å². The molecule has 2 N–H and O–H groups in total. The second-order valence-corrected chi connectivity index (χ2v) is 4.36. The van der Waals surface area contributed by atoms with Gasteiger partial charge in [-0.15, -0.1) is 0 Å². The lowest BCUT2D eigenvalue weighted by Gasteiger charge is -2.38. The number of aromatic hydroxyl groups is 1. The average Bonchev–Trinajstić information content (AvgIpc) is 2.26. The molecule has 1 aromatic rings. The molecule has 1 saturated heterocycles. The molecule has 0 saturated carbocycles. The number of phenolic OH excluding ortho intramolecular Hbond substituents is 1. The van der Waals surface area contributed by atoms with Gasteiger partial charge in [0.2, 0.25) is 0 Å². The van der Waals surface area contributed by atoms with E-state index >= 15 is 0 Å². The van der Waals surface area contributed by atoms with Crippen LogP contribution in [-0.4, -0.2) is 41.6 Å². The first-order valence-corrected chi connectivity index (χ1v) is 6.03. The van der Waals surface area contributed by atoms with Crippen LogP contribution >= 0.6 is 0 Å². The molecule has 0 atom stereocenters. The second-order valence-electron chi connectivity index (χ2n) is 4.36. The van der Waals surface area contributed by atoms with Crippen LogP contribution in [0.15, 0.2) is 24.3 Å². The Labute approximate surface area is 101 Å². The first kappa shape index (κ1) is 11.9. The maximum atomic E-state index is 12.3. The maximum Gasteiger partial charge on any atom is 0.254 e. The van der Waals surface area contributed by atoms with E-state index in [1.807, 2.05) is 4.90 Å². The largest absolute Gasteiger partial charge is 0.508 e. The van der Waals surface area contributed by atoms with Crippen molar-refractivity contribution in [1.82, 2.24) is 10.2 Å². The zero-order valence-corrected chi connectivity index (χ0v) is 10.0. The zero-order chi connectivity index (χ0) is 12.3. The molecule has 0 aromatic heterocycles. The first-order valence-electron chi connectivity index (χ1n) is 6.03. The molecule has 0 bridgehead atoms. The maximum absolute atomic E-state index is 12.3. The number of benzene rings is 1. The molecule has 1 amide bonds. The number of hydrogen-bond acceptors (Lipinski definition) is 3. The molecule has 0 unspecified atom stereocenters. The van der Waals surface area contributed by atoms with Crippen molar-refractivity contribution in [2.45, 2.75) is 19.4 Å². The van der Waals surface area contributed by atoms with Crippen molar-refractivity contribution in [3.63, 3.8) is 0 Å². The Bertz CT molecular complexity index is 385. The van der Waals surface area contributed by atoms with Crippen LogP contribution in [0.2, 0.25) is 0 Å². The predicted octanol–water partition coefficient (Wildman–Crippen LogP) is 1.22. The SMILES string of the molecule is CCCN(C(=O)c1ccc(O)cc1)C1CNC1. The number of amides is 1. The number of carbonyl (C=O) groups is 1. The summed E-state index contributed by atoms with van der Waals surface area (Å²) in [6.45, 7) is 4.61. The van der Waals surface area contributed by atoms with E-state index in [2.05, 4.69) is 12.2 Å². The van der Waals surface area contributed by atoms with E-state index in [-0.39, 0.29) is 11.7 Å². The van der Waals surface area contributed by atoms with Gasteiger partial charge in [0, 0.05) is 25.2 Å². The van der Waals surface area contributed by atoms with Crippen molar-refractivity contribution in [3.8, 4) is 5.75 Å². The van der Waals surface area contributed by atoms with E-state index in [9.17, 15) is 9.90 Å². The summed E-state index contributed by atoms with van der Waals surface area (Å²) in [5.74, 6) is 0.243. The molecule has 1 aliphatic rings. The number of carbonyl (C=O) groups excluding carboxylic acids is 1. The average molecular weight is 234 g/mol. The highest BCUT2D eigenvalue weighted by Gasteiger charge is 2.28. The molecule has 0 spiro atoms. The molecule has 0 aliphatic carbocycles. The summed E-state index contributed by atoms with van der Waals surface area (Å²) in [4.78, 5) is 14.2. The van der Waals surface area contributed by atoms with E-state index in [0.29, 0.717) is 11.6 Å². The standard InChI is InChI=1S/C13H18N2O2/c1-2-7-15(11-8-14-9-11)13(17)10-3-5-12(16)6-4-10/h3-6,11,14,16H,2,7-9H2,1H3. The van der Waals surface area contributed by atoms with Crippen LogP contribution in [0.1, 0.15) is 23.7 Å². The Balaban J connectivity index is 2.12. The van der Waals surface area contributed by atoms with Gasteiger partial charge in [0.15, 0.2) is 0 Å². The smallest absolute Gasteiger partial charge is 0.254 e. The van der Waals surface area contributed by atoms with Gasteiger partial charge in [-0.05, 0) is 30.7 Å². The van der Waals surface area contributed by atoms with Crippen molar-refractivity contribution >= 4 is 5.91 Å². The third-order valence-electron chi connectivity index (χ3n) is 3.04. The number of hydrogen-bond donors (Lipinski definition) is 2. The van der Waals surface area contributed by atoms with Gasteiger partial charge in [-0.1, -0.05) is 6.92 Å². The van der Waals surface area contributed by atoms with Crippen LogP contribution in [-0.2, 0) is 0 Å². The Morgan fingerprint density at radius 1 is 1.41 bits per heavy atom. The molecule has 0 radical (unpaired) electrons. The van der Waals surface area contributed by atoms with E-state index < -0.39 is 0 Å². The molecule has 17 heavy (non-hydrogen) atoms. The fraction of sp³-hybridized carbons (Fsp3) is 0.462. The third-order valence-corrected chi connectivity index (χ3v) is 3.04. The van der Waals surface area contributed by atoms with Crippen molar-refractivity contribution in [1.29, 1.82) is 0 Å². The van der Waals surface area contributed by atoms with Gasteiger partial charge in [-0.3, -0.25) is 4.79 Å². The lowest BCUT2D eigenvalue weighted by atomic mass is 10.1. The molecule has 2 rings (SSSR count). The van der Waals surface area contributed by atoms with Crippen LogP contribution in [0.5, 0.6) is 5.75 Å². The summed E-state index contributed by atoms with van der Waals surface area (Å²) >= 11 is 0. The van der Waals surface area contributed by atoms with E-state index in [1.165, 1.54) is 0 Å². The summed E-state index contributed by atoms with van der Waals surface area (Å²) in [7, 11) is 0. The van der Waals surface area contributed by atoms with E-state index in [0.717, 1.165) is 26.1 Å². The minimum Gasteiger partial charge on any atom is -0.508 e. The quantitative estimate of drug-likeness (QED) is 0.823. The van der Waals surface area contributed by atoms with Gasteiger partial charge in [0.25, 0.3) is 5.91 Å². The minimum absolute atomic E-state index is 0.0540. The van der Waals surface area contributed by atoms with Gasteiger partial charge in [0.05, 0.1) is 6.04 Å². The number of rotatable bonds is 4. The highest BCUT2D eigenvalue weighted by atomic mass is 16.3. The Hall–Kier alpha value is -1.55. The number of nitrogens with zero attached hydrogens (tertiary/aromatic N) is 1. The highest BCUT2D eigenvalue weighted by molar-refractivity contribution is 5.94. The van der Waals surface area contributed by atoms with Gasteiger partial charge in [0.1, 0.15) is 5.75 Å². The van der Waals surface area contributed by atoms with Crippen LogP contribution in [0, 0.1) is 0 Å². The lowest BCUT2D eigenvalue weighted by Crippen LogP contribution is -2.59. The normalized spacial score (nSPS) is 15.4. The molecular weight excluding hydrogens is 216 g/mol. The summed E-state index contributed by atoms with van der Waals surface area (Å²) in [5.41, 5.74) is 0.642. The second kappa shape index (κ2) is 5.19. The molecule has 1 heterocycles. The molecule has 1 aliphatic heterocycles. The fourth-order valence-corrected chi connectivity index (χ4v) is 1.95. The minimum atomic E-state index is 0.0540. The number of phenols is 1. The van der Waals surface area contributed by atoms with E-state index in [1.54, 1.807) is 24.3 Å². The van der Waals surface area contributed by atoms with Crippen LogP contribution in [0.4, 0.5) is 0 Å². The van der Waals surface area contributed by atoms with Crippen LogP contribution < -0.4 is 5.32 Å². The third kappa shape index (κ3) is 2.58. The zero-order valence-electron chi connectivity index (χ0n) is 10.0. The van der Waals surface area contributed by atoms with Gasteiger partial charge in [-0.2, -0.15) is 0 Å². The van der Waals surface area contributed by atoms with Gasteiger partial charge in [-0.25, -0.2) is 0 Å². The first-order chi connectivity index (χ1) is 8.22. The summed E-state index contributed by atoms with van der Waals surface area (Å²) in [6.07, 6.45) is 0.959. The lowest BCUT2D eigenvalue weighted by molar-refractivity contribution is 0.0616. The molecule has 4 heteroatoms. The van der Waals surface area contributed by atoms with E-state index in [4.69, 9.17) is 0 Å². The van der Waals surface area contributed by atoms with Gasteiger partial charge < -0.3 is 15.3 Å². The Morgan fingerprint density at radius 2 is 2.06 bits per heavy atom. The topological polar surface area (TPSA) is 52.6 Å². The summed E-state index contributed by atoms with van der Waals surface area (Å²) < 4.78 is 0. The summed E-state index contributed by atoms with van der Waals surface area (Å²) in [5, 5.41) is 12.4. The van der Waals surface area contributed by atoms with Crippen molar-refractivity contribution < 1.29 is 9.90 Å². The van der Waals surface area contributed by atoms with Crippen molar-refractivity contribution in [2.75, 3.05) is 19.6 Å². The molecule has 4 nitrogen and oxygen atoms in total. The van der Waals surface area contributed by atoms with Crippen LogP contribution in [0.25, 0.3) is 0 Å². The Morgan fingerprint density at radius 3 is 2.53 bits per heavy atom. The predicted molar refractivity (Wildman–Crippen MR) is 66.1 cm³/mol. The monoisotopic (exact) mass is 234 g/mol. The summed E-state index contributed by atoms with van der Waals surface area (Å²) in [6, 6.07) is 6.77. The Kier molecular flexibility index (Phi) is 3.64. The molecule has 92 valence electrons. The fourth-order valence-electron chi connectivity index (χ4n) is 1.95. The van der Waals surface area contributed by atoms with Crippen LogP contribution in [0.3, 0.4) is 0 Å². The van der Waals surface area contributed by atoms with Crippen molar-refractivity contribution in [2.24, 2.45) is 0 Å². The molecule has 1 aromatic carbocycles. The van der Waals surface area contributed by atoms with Gasteiger partial charge >= 0.3 is 0 Å². The molecular formula is C13H18N2O2. The highest BCUT2D eigenvalue weighted by Crippen LogP contribution is 2.15.